The second-order valence-electron chi connectivity index (χ2n) is 4.55. The molecule has 0 aliphatic rings. The van der Waals surface area contributed by atoms with E-state index in [9.17, 15) is 14.4 Å². The minimum absolute atomic E-state index is 0.0278. The number of ketones is 1. The molecular weight excluding hydrogens is 274 g/mol. The van der Waals surface area contributed by atoms with Crippen molar-refractivity contribution in [3.63, 3.8) is 0 Å². The van der Waals surface area contributed by atoms with Crippen molar-refractivity contribution < 1.29 is 9.53 Å². The number of hydrogen-bond donors (Lipinski definition) is 0. The molecular formula is C14H15N3O4. The molecule has 2 aromatic heterocycles. The van der Waals surface area contributed by atoms with Crippen LogP contribution in [0, 0.1) is 0 Å². The van der Waals surface area contributed by atoms with E-state index in [0.717, 1.165) is 4.57 Å². The van der Waals surface area contributed by atoms with Crippen molar-refractivity contribution in [1.82, 2.24) is 14.1 Å². The molecule has 7 nitrogen and oxygen atoms in total. The topological polar surface area (TPSA) is 83.2 Å². The van der Waals surface area contributed by atoms with E-state index in [4.69, 9.17) is 4.74 Å². The fraction of sp³-hybridized carbons (Fsp3) is 0.286. The molecule has 0 saturated heterocycles. The summed E-state index contributed by atoms with van der Waals surface area (Å²) in [7, 11) is 2.82. The number of hydrogen-bond acceptors (Lipinski definition) is 5. The Bertz CT molecular complexity index is 805. The summed E-state index contributed by atoms with van der Waals surface area (Å²) in [5.41, 5.74) is -0.451. The number of carbonyl (C=O) groups is 1. The predicted molar refractivity (Wildman–Crippen MR) is 75.8 cm³/mol. The lowest BCUT2D eigenvalue weighted by atomic mass is 10.2. The maximum absolute atomic E-state index is 12.1. The first-order chi connectivity index (χ1) is 9.95. The lowest BCUT2D eigenvalue weighted by molar-refractivity contribution is 0.101. The van der Waals surface area contributed by atoms with Gasteiger partial charge in [0, 0.05) is 25.0 Å². The minimum atomic E-state index is -0.595. The summed E-state index contributed by atoms with van der Waals surface area (Å²) in [4.78, 5) is 39.5. The lowest BCUT2D eigenvalue weighted by Gasteiger charge is -2.11. The van der Waals surface area contributed by atoms with Gasteiger partial charge in [-0.2, -0.15) is 0 Å². The predicted octanol–water partition coefficient (Wildman–Crippen LogP) is 0.201. The standard InChI is InChI=1S/C14H15N3O4/c1-9(18)11-8-17(14(20)16(2)13(11)19)7-10-5-4-6-15-12(10)21-3/h4-6,8H,7H2,1-3H3. The van der Waals surface area contributed by atoms with Crippen LogP contribution in [0.5, 0.6) is 5.88 Å². The smallest absolute Gasteiger partial charge is 0.331 e. The molecule has 0 aliphatic carbocycles. The molecule has 7 heteroatoms. The number of methoxy groups -OCH3 is 1. The van der Waals surface area contributed by atoms with Gasteiger partial charge in [-0.25, -0.2) is 9.78 Å². The summed E-state index contributed by atoms with van der Waals surface area (Å²) in [5, 5.41) is 0. The van der Waals surface area contributed by atoms with Gasteiger partial charge >= 0.3 is 5.69 Å². The van der Waals surface area contributed by atoms with Gasteiger partial charge in [-0.15, -0.1) is 0 Å². The highest BCUT2D eigenvalue weighted by molar-refractivity contribution is 5.93. The number of rotatable bonds is 4. The molecule has 21 heavy (non-hydrogen) atoms. The molecule has 0 unspecified atom stereocenters. The molecule has 0 atom stereocenters. The SMILES string of the molecule is COc1ncccc1Cn1cc(C(C)=O)c(=O)n(C)c1=O. The van der Waals surface area contributed by atoms with Gasteiger partial charge in [0.1, 0.15) is 0 Å². The van der Waals surface area contributed by atoms with Crippen molar-refractivity contribution >= 4 is 5.78 Å². The van der Waals surface area contributed by atoms with Crippen LogP contribution in [-0.2, 0) is 13.6 Å². The fourth-order valence-corrected chi connectivity index (χ4v) is 1.99. The van der Waals surface area contributed by atoms with Gasteiger partial charge in [0.15, 0.2) is 5.78 Å². The van der Waals surface area contributed by atoms with Gasteiger partial charge in [0.2, 0.25) is 5.88 Å². The zero-order valence-electron chi connectivity index (χ0n) is 12.0. The Balaban J connectivity index is 2.57. The van der Waals surface area contributed by atoms with E-state index in [-0.39, 0.29) is 17.9 Å². The van der Waals surface area contributed by atoms with Crippen LogP contribution in [0.1, 0.15) is 22.8 Å². The third-order valence-electron chi connectivity index (χ3n) is 3.12. The molecule has 0 bridgehead atoms. The quantitative estimate of drug-likeness (QED) is 0.751. The lowest BCUT2D eigenvalue weighted by Crippen LogP contribution is -2.40. The first-order valence-corrected chi connectivity index (χ1v) is 6.25. The van der Waals surface area contributed by atoms with E-state index in [2.05, 4.69) is 4.98 Å². The molecule has 2 aromatic rings. The average Bonchev–Trinajstić information content (AvgIpc) is 2.48. The van der Waals surface area contributed by atoms with Crippen LogP contribution in [0.3, 0.4) is 0 Å². The Labute approximate surface area is 120 Å². The number of ether oxygens (including phenoxy) is 1. The van der Waals surface area contributed by atoms with Crippen molar-refractivity contribution in [3.8, 4) is 5.88 Å². The summed E-state index contributed by atoms with van der Waals surface area (Å²) in [5.74, 6) is 0.00475. The Hall–Kier alpha value is -2.70. The summed E-state index contributed by atoms with van der Waals surface area (Å²) in [6.07, 6.45) is 2.85. The molecule has 0 amide bonds. The van der Waals surface area contributed by atoms with E-state index in [1.807, 2.05) is 0 Å². The number of aromatic nitrogens is 3. The Morgan fingerprint density at radius 1 is 1.38 bits per heavy atom. The second kappa shape index (κ2) is 5.74. The van der Waals surface area contributed by atoms with Crippen LogP contribution in [-0.4, -0.2) is 27.0 Å². The molecule has 2 heterocycles. The van der Waals surface area contributed by atoms with Crippen LogP contribution in [0.4, 0.5) is 0 Å². The number of pyridine rings is 1. The molecule has 0 radical (unpaired) electrons. The Morgan fingerprint density at radius 2 is 2.10 bits per heavy atom. The maximum Gasteiger partial charge on any atom is 0.331 e. The second-order valence-corrected chi connectivity index (χ2v) is 4.55. The third-order valence-corrected chi connectivity index (χ3v) is 3.12. The highest BCUT2D eigenvalue weighted by Crippen LogP contribution is 2.14. The summed E-state index contributed by atoms with van der Waals surface area (Å²) < 4.78 is 7.33. The van der Waals surface area contributed by atoms with E-state index in [1.165, 1.54) is 31.8 Å². The molecule has 0 spiro atoms. The molecule has 0 aliphatic heterocycles. The van der Waals surface area contributed by atoms with Crippen molar-refractivity contribution in [1.29, 1.82) is 0 Å². The van der Waals surface area contributed by atoms with Gasteiger partial charge in [0.05, 0.1) is 19.2 Å². The monoisotopic (exact) mass is 289 g/mol. The van der Waals surface area contributed by atoms with Gasteiger partial charge in [-0.05, 0) is 13.0 Å². The van der Waals surface area contributed by atoms with Gasteiger partial charge < -0.3 is 4.74 Å². The summed E-state index contributed by atoms with van der Waals surface area (Å²) in [6, 6.07) is 3.48. The molecule has 0 fully saturated rings. The highest BCUT2D eigenvalue weighted by Gasteiger charge is 2.13. The van der Waals surface area contributed by atoms with Crippen molar-refractivity contribution in [3.05, 3.63) is 56.5 Å². The number of Topliss-reactive ketones (excluding diaryl/α,β-unsaturated/α-hetero) is 1. The molecule has 110 valence electrons. The molecule has 0 aromatic carbocycles. The zero-order valence-corrected chi connectivity index (χ0v) is 12.0. The zero-order chi connectivity index (χ0) is 15.6. The van der Waals surface area contributed by atoms with Crippen molar-refractivity contribution in [2.24, 2.45) is 7.05 Å². The highest BCUT2D eigenvalue weighted by atomic mass is 16.5. The van der Waals surface area contributed by atoms with Crippen molar-refractivity contribution in [2.75, 3.05) is 7.11 Å². The first kappa shape index (κ1) is 14.7. The number of nitrogens with zero attached hydrogens (tertiary/aromatic N) is 3. The fourth-order valence-electron chi connectivity index (χ4n) is 1.99. The Morgan fingerprint density at radius 3 is 2.71 bits per heavy atom. The molecule has 2 rings (SSSR count). The third kappa shape index (κ3) is 2.76. The molecule has 0 saturated carbocycles. The van der Waals surface area contributed by atoms with Gasteiger partial charge in [0.25, 0.3) is 5.56 Å². The maximum atomic E-state index is 12.1. The van der Waals surface area contributed by atoms with Gasteiger partial charge in [-0.3, -0.25) is 18.7 Å². The van der Waals surface area contributed by atoms with Crippen LogP contribution in [0.25, 0.3) is 0 Å². The van der Waals surface area contributed by atoms with Gasteiger partial charge in [-0.1, -0.05) is 6.07 Å². The Kier molecular flexibility index (Phi) is 4.02. The minimum Gasteiger partial charge on any atom is -0.481 e. The summed E-state index contributed by atoms with van der Waals surface area (Å²) in [6.45, 7) is 1.44. The number of carbonyl (C=O) groups excluding carboxylic acids is 1. The van der Waals surface area contributed by atoms with Crippen LogP contribution < -0.4 is 16.0 Å². The van der Waals surface area contributed by atoms with E-state index >= 15 is 0 Å². The van der Waals surface area contributed by atoms with Crippen LogP contribution in [0.2, 0.25) is 0 Å². The largest absolute Gasteiger partial charge is 0.481 e. The van der Waals surface area contributed by atoms with E-state index in [0.29, 0.717) is 11.4 Å². The first-order valence-electron chi connectivity index (χ1n) is 6.25. The summed E-state index contributed by atoms with van der Waals surface area (Å²) >= 11 is 0. The average molecular weight is 289 g/mol. The van der Waals surface area contributed by atoms with Crippen LogP contribution >= 0.6 is 0 Å². The van der Waals surface area contributed by atoms with Crippen LogP contribution in [0.15, 0.2) is 34.1 Å². The molecule has 0 N–H and O–H groups in total. The van der Waals surface area contributed by atoms with E-state index in [1.54, 1.807) is 18.3 Å². The van der Waals surface area contributed by atoms with Crippen molar-refractivity contribution in [2.45, 2.75) is 13.5 Å². The van der Waals surface area contributed by atoms with E-state index < -0.39 is 11.2 Å². The normalized spacial score (nSPS) is 10.4.